The molecule has 0 saturated carbocycles. The predicted octanol–water partition coefficient (Wildman–Crippen LogP) is 18.2. The number of nitrogens with two attached hydrogens (primary N) is 2. The summed E-state index contributed by atoms with van der Waals surface area (Å²) in [6.07, 6.45) is 8.43. The number of H-pyrrole nitrogens is 3. The van der Waals surface area contributed by atoms with Gasteiger partial charge in [-0.2, -0.15) is 0 Å². The monoisotopic (exact) mass is 1850 g/mol. The predicted molar refractivity (Wildman–Crippen MR) is 499 cm³/mol. The molecule has 28 heteroatoms. The first-order valence-corrected chi connectivity index (χ1v) is 41.6. The van der Waals surface area contributed by atoms with Crippen molar-refractivity contribution in [3.63, 3.8) is 0 Å². The molecule has 4 atom stereocenters. The third kappa shape index (κ3) is 24.5. The highest BCUT2D eigenvalue weighted by Gasteiger charge is 2.28. The fraction of sp³-hybridized carbons (Fsp3) is 0.240. The number of alkyl halides is 1. The van der Waals surface area contributed by atoms with Crippen molar-refractivity contribution in [2.24, 2.45) is 5.73 Å². The Balaban J connectivity index is 0.000000184. The second-order valence-corrected chi connectivity index (χ2v) is 31.3. The number of Topliss-reactive ketones (excluding diaryl/α,β-unsaturated/α-hetero) is 1. The molecule has 644 valence electrons. The van der Waals surface area contributed by atoms with Crippen LogP contribution >= 0.6 is 38.5 Å². The highest BCUT2D eigenvalue weighted by atomic mass is 127. The molecule has 1 amide bonds. The maximum Gasteiger partial charge on any atom is 0.340 e. The van der Waals surface area contributed by atoms with E-state index in [9.17, 15) is 43.5 Å². The summed E-state index contributed by atoms with van der Waals surface area (Å²) in [5.41, 5.74) is 28.4. The molecule has 11 aromatic heterocycles. The van der Waals surface area contributed by atoms with Gasteiger partial charge in [-0.1, -0.05) is 137 Å². The number of aromatic amines is 3. The molecule has 4 unspecified atom stereocenters. The van der Waals surface area contributed by atoms with E-state index in [1.165, 1.54) is 39.4 Å². The van der Waals surface area contributed by atoms with E-state index in [0.29, 0.717) is 67.3 Å². The lowest BCUT2D eigenvalue weighted by atomic mass is 10.1. The van der Waals surface area contributed by atoms with Gasteiger partial charge in [0, 0.05) is 116 Å². The Kier molecular flexibility index (Phi) is 35.7. The fourth-order valence-corrected chi connectivity index (χ4v) is 14.8. The van der Waals surface area contributed by atoms with Crippen molar-refractivity contribution >= 4 is 124 Å². The molecule has 9 N–H and O–H groups in total. The number of nitrogens with zero attached hydrogens (tertiary/aromatic N) is 8. The number of amides is 1. The molecule has 0 saturated heterocycles. The Bertz CT molecular complexity index is 6280. The molecular weight excluding hydrogens is 1750 g/mol. The first-order chi connectivity index (χ1) is 59.3. The third-order valence-corrected chi connectivity index (χ3v) is 21.7. The maximum absolute atomic E-state index is 13.3. The summed E-state index contributed by atoms with van der Waals surface area (Å²) >= 11 is 5.62. The SMILES string of the molecule is CC(Br)c1ccccc1.COC(=O)CC(C)=O.COC(=O)c1c(C)[nH]c2ncccc12.COC(=O)c1c(C)n(C(C)c2ccccc2)c2ncccc12.Cc1c(C(=O)O)c2cccnc2n1C(C)c1ccccc1.Cc1cc(C)c(CN)c(=O)[nH]1.Cc1cc(C)c(CNC(=O)c2c(C)n(C(C)c3ccccc3)c3ncccc23)c(=O)[nH]1.Nc1ncccc1I. The van der Waals surface area contributed by atoms with Gasteiger partial charge in [-0.25, -0.2) is 39.3 Å². The number of aromatic carboxylic acids is 1. The largest absolute Gasteiger partial charge is 0.478 e. The number of carbonyl (C=O) groups is 6. The minimum atomic E-state index is -0.912. The van der Waals surface area contributed by atoms with Gasteiger partial charge in [0.1, 0.15) is 40.6 Å². The van der Waals surface area contributed by atoms with Gasteiger partial charge in [-0.05, 0) is 219 Å². The van der Waals surface area contributed by atoms with Crippen LogP contribution in [-0.2, 0) is 36.9 Å². The van der Waals surface area contributed by atoms with Gasteiger partial charge in [0.2, 0.25) is 0 Å². The number of hydrogen-bond acceptors (Lipinski definition) is 18. The van der Waals surface area contributed by atoms with Crippen molar-refractivity contribution in [1.82, 2.24) is 58.9 Å². The van der Waals surface area contributed by atoms with E-state index in [1.54, 1.807) is 43.1 Å². The van der Waals surface area contributed by atoms with Gasteiger partial charge in [0.25, 0.3) is 17.0 Å². The number of halogens is 2. The van der Waals surface area contributed by atoms with Crippen LogP contribution in [0.1, 0.15) is 184 Å². The third-order valence-electron chi connectivity index (χ3n) is 20.3. The van der Waals surface area contributed by atoms with Gasteiger partial charge in [-0.15, -0.1) is 0 Å². The fourth-order valence-electron chi connectivity index (χ4n) is 14.2. The minimum absolute atomic E-state index is 0.0161. The summed E-state index contributed by atoms with van der Waals surface area (Å²) in [7, 11) is 4.03. The number of benzene rings is 4. The van der Waals surface area contributed by atoms with Crippen LogP contribution in [0.25, 0.3) is 44.1 Å². The molecular formula is C96H104BrIN14O12. The number of esters is 3. The van der Waals surface area contributed by atoms with E-state index >= 15 is 0 Å². The number of aromatic nitrogens is 11. The van der Waals surface area contributed by atoms with Crippen molar-refractivity contribution < 1.29 is 48.1 Å². The quantitative estimate of drug-likeness (QED) is 0.0155. The van der Waals surface area contributed by atoms with E-state index < -0.39 is 11.9 Å². The maximum atomic E-state index is 13.3. The van der Waals surface area contributed by atoms with Gasteiger partial charge >= 0.3 is 23.9 Å². The molecule has 15 rings (SSSR count). The molecule has 0 fully saturated rings. The summed E-state index contributed by atoms with van der Waals surface area (Å²) in [4.78, 5) is 123. The zero-order valence-electron chi connectivity index (χ0n) is 72.2. The lowest BCUT2D eigenvalue weighted by molar-refractivity contribution is -0.143. The lowest BCUT2D eigenvalue weighted by Gasteiger charge is -2.17. The van der Waals surface area contributed by atoms with E-state index in [2.05, 4.69) is 162 Å². The second-order valence-electron chi connectivity index (χ2n) is 28.8. The highest BCUT2D eigenvalue weighted by molar-refractivity contribution is 14.1. The number of methoxy groups -OCH3 is 3. The summed E-state index contributed by atoms with van der Waals surface area (Å²) < 4.78 is 21.0. The number of ketones is 1. The van der Waals surface area contributed by atoms with Gasteiger partial charge < -0.3 is 64.8 Å². The number of pyridine rings is 7. The summed E-state index contributed by atoms with van der Waals surface area (Å²) in [6, 6.07) is 63.2. The molecule has 0 bridgehead atoms. The highest BCUT2D eigenvalue weighted by Crippen LogP contribution is 2.35. The number of carbonyl (C=O) groups excluding carboxylic acids is 5. The Morgan fingerprint density at radius 1 is 0.476 bits per heavy atom. The van der Waals surface area contributed by atoms with Gasteiger partial charge in [0.15, 0.2) is 0 Å². The smallest absolute Gasteiger partial charge is 0.340 e. The molecule has 0 radical (unpaired) electrons. The standard InChI is InChI=1S/C25H26N4O2.C18H18N2O2.C17H16N2O2.C10H10N2O2.C8H9Br.C8H12N2O.C5H5IN2.C5H8O3/c1-15-13-16(2)28-24(30)21(15)14-27-25(31)22-18(4)29(23-20(22)11-8-12-26-23)17(3)19-9-6-5-7-10-19;1-12(14-8-5-4-6-9-14)20-13(2)16(18(21)22-3)15-10-7-11-19-17(15)20;1-11(13-7-4-3-5-8-13)19-12(2)15(17(20)21)14-9-6-10-18-16(14)19;1-6-8(10(13)14-2)7-4-3-5-11-9(7)12-6;1-7(9)8-5-3-2-4-6-8;1-5-3-6(2)10-8(11)7(5)4-9;6-4-2-1-3-8-5(4)7;1-4(6)3-5(7)8-2/h5-13,17H,14H2,1-4H3,(H,27,31)(H,28,30);4-12H,1-3H3;3-11H,1-2H3,(H,20,21);3-5H,1-2H3,(H,11,12);2-7H,1H3;3H,4,9H2,1-2H3,(H,10,11);1-3H,(H2,7,8);3H2,1-2H3. The van der Waals surface area contributed by atoms with E-state index in [1.807, 2.05) is 206 Å². The Morgan fingerprint density at radius 3 is 1.21 bits per heavy atom. The van der Waals surface area contributed by atoms with Crippen molar-refractivity contribution in [3.05, 3.63) is 350 Å². The number of aryl methyl sites for hydroxylation is 5. The van der Waals surface area contributed by atoms with Crippen molar-refractivity contribution in [2.75, 3.05) is 27.1 Å². The molecule has 26 nitrogen and oxygen atoms in total. The molecule has 0 aliphatic carbocycles. The average molecular weight is 1850 g/mol. The van der Waals surface area contributed by atoms with Gasteiger partial charge in [0.05, 0.1) is 65.3 Å². The van der Waals surface area contributed by atoms with Crippen LogP contribution in [0.2, 0.25) is 0 Å². The van der Waals surface area contributed by atoms with E-state index in [0.717, 1.165) is 87.4 Å². The number of ether oxygens (including phenoxy) is 3. The van der Waals surface area contributed by atoms with Crippen molar-refractivity contribution in [3.8, 4) is 0 Å². The topological polar surface area (TPSA) is 375 Å². The number of rotatable bonds is 16. The minimum Gasteiger partial charge on any atom is -0.478 e. The molecule has 124 heavy (non-hydrogen) atoms. The summed E-state index contributed by atoms with van der Waals surface area (Å²) in [6.45, 7) is 25.2. The van der Waals surface area contributed by atoms with E-state index in [-0.39, 0.29) is 65.8 Å². The molecule has 0 aliphatic rings. The van der Waals surface area contributed by atoms with Crippen molar-refractivity contribution in [1.29, 1.82) is 0 Å². The number of anilines is 1. The number of fused-ring (bicyclic) bond motifs is 4. The zero-order valence-corrected chi connectivity index (χ0v) is 76.0. The Morgan fingerprint density at radius 2 is 0.847 bits per heavy atom. The molecule has 0 aliphatic heterocycles. The number of carboxylic acids is 1. The number of hydrogen-bond donors (Lipinski definition) is 7. The Labute approximate surface area is 741 Å². The number of nitrogen functional groups attached to an aromatic ring is 1. The van der Waals surface area contributed by atoms with Gasteiger partial charge in [-0.3, -0.25) is 24.0 Å². The van der Waals surface area contributed by atoms with Crippen LogP contribution < -0.4 is 27.9 Å². The normalized spacial score (nSPS) is 11.5. The van der Waals surface area contributed by atoms with Crippen LogP contribution in [0.4, 0.5) is 5.82 Å². The molecule has 11 heterocycles. The van der Waals surface area contributed by atoms with Crippen LogP contribution in [0.15, 0.2) is 235 Å². The molecule has 0 spiro atoms. The van der Waals surface area contributed by atoms with E-state index in [4.69, 9.17) is 20.9 Å². The number of nitrogens with one attached hydrogen (secondary N) is 4. The second kappa shape index (κ2) is 46.1. The summed E-state index contributed by atoms with van der Waals surface area (Å²) in [5, 5.41) is 15.5. The zero-order chi connectivity index (χ0) is 90.6. The lowest BCUT2D eigenvalue weighted by Crippen LogP contribution is -2.28. The van der Waals surface area contributed by atoms with Crippen LogP contribution in [0.3, 0.4) is 0 Å². The first kappa shape index (κ1) is 96.1. The molecule has 15 aromatic rings. The number of carboxylic acid groups (broad SMARTS) is 1. The summed E-state index contributed by atoms with van der Waals surface area (Å²) in [5.74, 6) is -1.82. The average Bonchev–Trinajstić information content (AvgIpc) is 1.61. The first-order valence-electron chi connectivity index (χ1n) is 39.6. The van der Waals surface area contributed by atoms with Crippen molar-refractivity contribution in [2.45, 2.75) is 132 Å². The molecule has 4 aromatic carbocycles. The van der Waals surface area contributed by atoms with Crippen LogP contribution in [0.5, 0.6) is 0 Å². The van der Waals surface area contributed by atoms with Crippen LogP contribution in [0, 0.1) is 59.0 Å². The van der Waals surface area contributed by atoms with Crippen LogP contribution in [-0.4, -0.2) is 116 Å². The Hall–Kier alpha value is -13.3.